The molecule has 7 nitrogen and oxygen atoms in total. The monoisotopic (exact) mass is 303 g/mol. The molecule has 0 aromatic rings. The van der Waals surface area contributed by atoms with Gasteiger partial charge in [-0.15, -0.1) is 0 Å². The van der Waals surface area contributed by atoms with Gasteiger partial charge in [-0.2, -0.15) is 5.26 Å². The van der Waals surface area contributed by atoms with Crippen LogP contribution in [0.1, 0.15) is 32.1 Å². The molecule has 22 heavy (non-hydrogen) atoms. The Bertz CT molecular complexity index is 525. The number of rotatable bonds is 1. The summed E-state index contributed by atoms with van der Waals surface area (Å²) < 4.78 is 0. The van der Waals surface area contributed by atoms with E-state index in [9.17, 15) is 14.9 Å². The Morgan fingerprint density at radius 1 is 1.23 bits per heavy atom. The minimum absolute atomic E-state index is 0.229. The number of hydrogen-bond acceptors (Lipinski definition) is 5. The number of hydrogen-bond donors (Lipinski definition) is 1. The van der Waals surface area contributed by atoms with Crippen LogP contribution in [0.5, 0.6) is 0 Å². The van der Waals surface area contributed by atoms with Crippen molar-refractivity contribution in [2.75, 3.05) is 26.2 Å². The molecule has 1 aliphatic carbocycles. The molecule has 0 aromatic carbocycles. The van der Waals surface area contributed by atoms with Gasteiger partial charge in [-0.3, -0.25) is 14.9 Å². The van der Waals surface area contributed by atoms with E-state index in [1.807, 2.05) is 4.90 Å². The number of piperazine rings is 1. The fourth-order valence-corrected chi connectivity index (χ4v) is 3.66. The average molecular weight is 303 g/mol. The predicted octanol–water partition coefficient (Wildman–Crippen LogP) is 0.0889. The molecule has 1 atom stereocenters. The average Bonchev–Trinajstić information content (AvgIpc) is 2.55. The summed E-state index contributed by atoms with van der Waals surface area (Å²) in [5.41, 5.74) is -0.549. The fraction of sp³-hybridized carbons (Fsp3) is 0.733. The smallest absolute Gasteiger partial charge is 0.246 e. The lowest BCUT2D eigenvalue weighted by Gasteiger charge is -2.43. The van der Waals surface area contributed by atoms with Crippen LogP contribution in [-0.2, 0) is 9.59 Å². The molecule has 1 saturated heterocycles. The quantitative estimate of drug-likeness (QED) is 0.695. The van der Waals surface area contributed by atoms with Crippen molar-refractivity contribution >= 4 is 18.3 Å². The van der Waals surface area contributed by atoms with Gasteiger partial charge in [-0.1, -0.05) is 19.3 Å². The van der Waals surface area contributed by atoms with Crippen molar-refractivity contribution in [1.82, 2.24) is 15.1 Å². The van der Waals surface area contributed by atoms with Gasteiger partial charge in [0, 0.05) is 26.2 Å². The molecule has 2 heterocycles. The standard InChI is InChI=1S/C15H21N5O2/c16-10-12-13(22)17-14(18-15(12)4-2-1-3-5-15)20-8-6-19(11-21)7-9-20/h11-12H,1-9H2,(H,17,18,22)/t12-/m0/s1. The lowest BCUT2D eigenvalue weighted by Crippen LogP contribution is -2.60. The SMILES string of the molecule is N#C[C@H]1C(=O)NC(N2CCN(C=O)CC2)=NC12CCCCC2. The first-order valence-electron chi connectivity index (χ1n) is 7.93. The second-order valence-electron chi connectivity index (χ2n) is 6.28. The highest BCUT2D eigenvalue weighted by Gasteiger charge is 2.48. The first-order valence-corrected chi connectivity index (χ1v) is 7.93. The first-order chi connectivity index (χ1) is 10.7. The van der Waals surface area contributed by atoms with Crippen molar-refractivity contribution in [2.24, 2.45) is 10.9 Å². The first kappa shape index (κ1) is 14.8. The van der Waals surface area contributed by atoms with Crippen LogP contribution in [0.15, 0.2) is 4.99 Å². The summed E-state index contributed by atoms with van der Waals surface area (Å²) in [6.45, 7) is 2.58. The van der Waals surface area contributed by atoms with E-state index in [-0.39, 0.29) is 5.91 Å². The molecule has 1 spiro atoms. The Morgan fingerprint density at radius 3 is 2.50 bits per heavy atom. The number of nitrogens with zero attached hydrogens (tertiary/aromatic N) is 4. The Labute approximate surface area is 130 Å². The fourth-order valence-electron chi connectivity index (χ4n) is 3.66. The number of carbonyl (C=O) groups is 2. The number of nitrogens with one attached hydrogen (secondary N) is 1. The third kappa shape index (κ3) is 2.54. The number of nitriles is 1. The van der Waals surface area contributed by atoms with Crippen LogP contribution in [-0.4, -0.2) is 59.8 Å². The van der Waals surface area contributed by atoms with Crippen molar-refractivity contribution in [3.8, 4) is 6.07 Å². The summed E-state index contributed by atoms with van der Waals surface area (Å²) in [4.78, 5) is 31.7. The lowest BCUT2D eigenvalue weighted by molar-refractivity contribution is -0.125. The van der Waals surface area contributed by atoms with Gasteiger partial charge >= 0.3 is 0 Å². The Hall–Kier alpha value is -2.10. The van der Waals surface area contributed by atoms with Gasteiger partial charge < -0.3 is 9.80 Å². The van der Waals surface area contributed by atoms with Crippen LogP contribution < -0.4 is 5.32 Å². The highest BCUT2D eigenvalue weighted by molar-refractivity contribution is 6.02. The van der Waals surface area contributed by atoms with E-state index < -0.39 is 11.5 Å². The van der Waals surface area contributed by atoms with Gasteiger partial charge in [0.05, 0.1) is 11.6 Å². The summed E-state index contributed by atoms with van der Waals surface area (Å²) in [6, 6.07) is 2.16. The molecule has 3 rings (SSSR count). The molecule has 2 fully saturated rings. The van der Waals surface area contributed by atoms with Crippen LogP contribution in [0.2, 0.25) is 0 Å². The van der Waals surface area contributed by atoms with Crippen molar-refractivity contribution in [3.05, 3.63) is 0 Å². The van der Waals surface area contributed by atoms with Gasteiger partial charge in [0.25, 0.3) is 0 Å². The zero-order valence-electron chi connectivity index (χ0n) is 12.6. The van der Waals surface area contributed by atoms with Gasteiger partial charge in [0.1, 0.15) is 0 Å². The van der Waals surface area contributed by atoms with Gasteiger partial charge in [-0.05, 0) is 12.8 Å². The van der Waals surface area contributed by atoms with Crippen LogP contribution in [0.25, 0.3) is 0 Å². The Kier molecular flexibility index (Phi) is 4.01. The Morgan fingerprint density at radius 2 is 1.91 bits per heavy atom. The summed E-state index contributed by atoms with van der Waals surface area (Å²) in [6.07, 6.45) is 5.63. The molecule has 1 saturated carbocycles. The van der Waals surface area contributed by atoms with Crippen molar-refractivity contribution in [2.45, 2.75) is 37.6 Å². The summed E-state index contributed by atoms with van der Waals surface area (Å²) >= 11 is 0. The van der Waals surface area contributed by atoms with Gasteiger partial charge in [-0.25, -0.2) is 4.99 Å². The maximum Gasteiger partial charge on any atom is 0.246 e. The van der Waals surface area contributed by atoms with E-state index in [2.05, 4.69) is 11.4 Å². The van der Waals surface area contributed by atoms with E-state index >= 15 is 0 Å². The summed E-state index contributed by atoms with van der Waals surface area (Å²) in [5.74, 6) is -0.330. The molecule has 2 amide bonds. The third-order valence-corrected chi connectivity index (χ3v) is 4.97. The lowest BCUT2D eigenvalue weighted by atomic mass is 9.72. The normalized spacial score (nSPS) is 27.9. The summed E-state index contributed by atoms with van der Waals surface area (Å²) in [5, 5.41) is 12.2. The molecule has 0 unspecified atom stereocenters. The molecular weight excluding hydrogens is 282 g/mol. The maximum atomic E-state index is 12.4. The molecule has 7 heteroatoms. The van der Waals surface area contributed by atoms with E-state index in [1.54, 1.807) is 4.90 Å². The summed E-state index contributed by atoms with van der Waals surface area (Å²) in [7, 11) is 0. The number of aliphatic imine (C=N–C) groups is 1. The number of amides is 2. The predicted molar refractivity (Wildman–Crippen MR) is 79.7 cm³/mol. The second kappa shape index (κ2) is 5.95. The Balaban J connectivity index is 1.84. The molecule has 118 valence electrons. The molecule has 0 aromatic heterocycles. The highest BCUT2D eigenvalue weighted by atomic mass is 16.2. The van der Waals surface area contributed by atoms with Crippen LogP contribution in [0.4, 0.5) is 0 Å². The number of guanidine groups is 1. The number of carbonyl (C=O) groups excluding carboxylic acids is 2. The van der Waals surface area contributed by atoms with Crippen molar-refractivity contribution in [1.29, 1.82) is 5.26 Å². The highest BCUT2D eigenvalue weighted by Crippen LogP contribution is 2.39. The molecule has 3 aliphatic rings. The van der Waals surface area contributed by atoms with E-state index in [0.29, 0.717) is 32.1 Å². The van der Waals surface area contributed by atoms with Crippen molar-refractivity contribution < 1.29 is 9.59 Å². The van der Waals surface area contributed by atoms with Crippen LogP contribution >= 0.6 is 0 Å². The topological polar surface area (TPSA) is 88.8 Å². The molecular formula is C15H21N5O2. The van der Waals surface area contributed by atoms with Crippen LogP contribution in [0, 0.1) is 17.2 Å². The molecule has 0 bridgehead atoms. The zero-order valence-corrected chi connectivity index (χ0v) is 12.6. The maximum absolute atomic E-state index is 12.4. The molecule has 0 radical (unpaired) electrons. The van der Waals surface area contributed by atoms with Crippen LogP contribution in [0.3, 0.4) is 0 Å². The third-order valence-electron chi connectivity index (χ3n) is 4.97. The second-order valence-corrected chi connectivity index (χ2v) is 6.28. The van der Waals surface area contributed by atoms with E-state index in [1.165, 1.54) is 0 Å². The van der Waals surface area contributed by atoms with E-state index in [4.69, 9.17) is 4.99 Å². The van der Waals surface area contributed by atoms with Crippen molar-refractivity contribution in [3.63, 3.8) is 0 Å². The van der Waals surface area contributed by atoms with Gasteiger partial charge in [0.15, 0.2) is 5.92 Å². The van der Waals surface area contributed by atoms with E-state index in [0.717, 1.165) is 38.5 Å². The minimum Gasteiger partial charge on any atom is -0.342 e. The molecule has 2 aliphatic heterocycles. The van der Waals surface area contributed by atoms with Gasteiger partial charge in [0.2, 0.25) is 18.3 Å². The largest absolute Gasteiger partial charge is 0.342 e. The molecule has 1 N–H and O–H groups in total. The zero-order chi connectivity index (χ0) is 15.6. The minimum atomic E-state index is -0.687.